The number of aromatic nitrogens is 2. The summed E-state index contributed by atoms with van der Waals surface area (Å²) in [5, 5.41) is 16.2. The smallest absolute Gasteiger partial charge is 0.260 e. The highest BCUT2D eigenvalue weighted by Crippen LogP contribution is 2.22. The Balaban J connectivity index is 2.22. The minimum atomic E-state index is -0.400. The lowest BCUT2D eigenvalue weighted by Gasteiger charge is -2.04. The Labute approximate surface area is 106 Å². The quantitative estimate of drug-likeness (QED) is 0.892. The molecule has 0 aliphatic carbocycles. The van der Waals surface area contributed by atoms with Crippen LogP contribution in [-0.4, -0.2) is 20.8 Å². The summed E-state index contributed by atoms with van der Waals surface area (Å²) in [5.74, 6) is -0.0268. The van der Waals surface area contributed by atoms with E-state index in [1.165, 1.54) is 6.07 Å². The van der Waals surface area contributed by atoms with Gasteiger partial charge in [0.1, 0.15) is 5.75 Å². The highest BCUT2D eigenvalue weighted by molar-refractivity contribution is 9.10. The lowest BCUT2D eigenvalue weighted by atomic mass is 10.2. The molecule has 2 aromatic rings. The number of nitrogens with zero attached hydrogens (tertiary/aromatic N) is 2. The summed E-state index contributed by atoms with van der Waals surface area (Å²) in [4.78, 5) is 11.9. The molecule has 0 saturated carbocycles. The van der Waals surface area contributed by atoms with Gasteiger partial charge in [0.15, 0.2) is 5.82 Å². The minimum Gasteiger partial charge on any atom is -0.507 e. The molecule has 0 saturated heterocycles. The van der Waals surface area contributed by atoms with Crippen LogP contribution in [0.2, 0.25) is 0 Å². The van der Waals surface area contributed by atoms with Crippen LogP contribution in [0.1, 0.15) is 10.4 Å². The summed E-state index contributed by atoms with van der Waals surface area (Å²) < 4.78 is 2.30. The average molecular weight is 296 g/mol. The zero-order chi connectivity index (χ0) is 12.4. The predicted molar refractivity (Wildman–Crippen MR) is 67.0 cm³/mol. The normalized spacial score (nSPS) is 10.2. The van der Waals surface area contributed by atoms with Gasteiger partial charge in [0.05, 0.1) is 5.56 Å². The number of hydrogen-bond acceptors (Lipinski definition) is 3. The van der Waals surface area contributed by atoms with Gasteiger partial charge in [-0.05, 0) is 18.2 Å². The van der Waals surface area contributed by atoms with Gasteiger partial charge in [-0.25, -0.2) is 0 Å². The molecule has 6 heteroatoms. The van der Waals surface area contributed by atoms with Crippen molar-refractivity contribution in [3.63, 3.8) is 0 Å². The molecule has 0 spiro atoms. The summed E-state index contributed by atoms with van der Waals surface area (Å²) in [5.41, 5.74) is 0.199. The first-order valence-corrected chi connectivity index (χ1v) is 5.65. The predicted octanol–water partition coefficient (Wildman–Crippen LogP) is 2.14. The van der Waals surface area contributed by atoms with Crippen molar-refractivity contribution in [3.05, 3.63) is 40.5 Å². The Bertz CT molecular complexity index is 566. The van der Waals surface area contributed by atoms with Crippen LogP contribution >= 0.6 is 15.9 Å². The molecule has 0 atom stereocenters. The maximum Gasteiger partial charge on any atom is 0.260 e. The fraction of sp³-hybridized carbons (Fsp3) is 0.0909. The van der Waals surface area contributed by atoms with Crippen LogP contribution in [0.4, 0.5) is 5.82 Å². The molecule has 1 amide bonds. The van der Waals surface area contributed by atoms with Gasteiger partial charge < -0.3 is 10.4 Å². The van der Waals surface area contributed by atoms with Crippen molar-refractivity contribution in [2.45, 2.75) is 0 Å². The number of phenolic OH excluding ortho intramolecular Hbond substituents is 1. The largest absolute Gasteiger partial charge is 0.507 e. The third-order valence-corrected chi connectivity index (χ3v) is 2.65. The van der Waals surface area contributed by atoms with Gasteiger partial charge in [-0.2, -0.15) is 5.10 Å². The first-order chi connectivity index (χ1) is 8.06. The maximum atomic E-state index is 11.9. The van der Waals surface area contributed by atoms with Crippen molar-refractivity contribution >= 4 is 27.7 Å². The fourth-order valence-corrected chi connectivity index (χ4v) is 1.72. The van der Waals surface area contributed by atoms with Gasteiger partial charge >= 0.3 is 0 Å². The fourth-order valence-electron chi connectivity index (χ4n) is 1.36. The van der Waals surface area contributed by atoms with Crippen molar-refractivity contribution < 1.29 is 9.90 Å². The van der Waals surface area contributed by atoms with Gasteiger partial charge in [-0.3, -0.25) is 9.48 Å². The standard InChI is InChI=1S/C11H10BrN3O2/c1-15-5-4-10(14-15)13-11(17)8-6-7(12)2-3-9(8)16/h2-6,16H,1H3,(H,13,14,17). The number of rotatable bonds is 2. The Hall–Kier alpha value is -1.82. The zero-order valence-electron chi connectivity index (χ0n) is 9.01. The van der Waals surface area contributed by atoms with Crippen LogP contribution in [0.15, 0.2) is 34.9 Å². The highest BCUT2D eigenvalue weighted by Gasteiger charge is 2.12. The van der Waals surface area contributed by atoms with Crippen LogP contribution in [0, 0.1) is 0 Å². The topological polar surface area (TPSA) is 67.2 Å². The molecular weight excluding hydrogens is 286 g/mol. The molecule has 1 heterocycles. The van der Waals surface area contributed by atoms with E-state index in [1.807, 2.05) is 0 Å². The molecule has 1 aromatic heterocycles. The molecule has 5 nitrogen and oxygen atoms in total. The summed E-state index contributed by atoms with van der Waals surface area (Å²) in [7, 11) is 1.76. The number of anilines is 1. The monoisotopic (exact) mass is 295 g/mol. The molecule has 1 aromatic carbocycles. The Morgan fingerprint density at radius 3 is 2.88 bits per heavy atom. The molecule has 0 bridgehead atoms. The van der Waals surface area contributed by atoms with Gasteiger partial charge in [-0.1, -0.05) is 15.9 Å². The number of phenols is 1. The van der Waals surface area contributed by atoms with Crippen molar-refractivity contribution in [1.82, 2.24) is 9.78 Å². The van der Waals surface area contributed by atoms with Gasteiger partial charge in [0.2, 0.25) is 0 Å². The Morgan fingerprint density at radius 2 is 2.24 bits per heavy atom. The van der Waals surface area contributed by atoms with Crippen LogP contribution < -0.4 is 5.32 Å². The van der Waals surface area contributed by atoms with E-state index in [9.17, 15) is 9.90 Å². The number of aromatic hydroxyl groups is 1. The molecule has 0 radical (unpaired) electrons. The number of nitrogens with one attached hydrogen (secondary N) is 1. The number of carbonyl (C=O) groups excluding carboxylic acids is 1. The molecule has 17 heavy (non-hydrogen) atoms. The van der Waals surface area contributed by atoms with E-state index >= 15 is 0 Å². The van der Waals surface area contributed by atoms with Crippen LogP contribution in [-0.2, 0) is 7.05 Å². The van der Waals surface area contributed by atoms with Crippen molar-refractivity contribution in [3.8, 4) is 5.75 Å². The van der Waals surface area contributed by atoms with E-state index in [2.05, 4.69) is 26.3 Å². The van der Waals surface area contributed by atoms with Crippen molar-refractivity contribution in [2.24, 2.45) is 7.05 Å². The van der Waals surface area contributed by atoms with E-state index in [0.29, 0.717) is 5.82 Å². The molecule has 0 aliphatic rings. The van der Waals surface area contributed by atoms with Crippen molar-refractivity contribution in [1.29, 1.82) is 0 Å². The zero-order valence-corrected chi connectivity index (χ0v) is 10.6. The van der Waals surface area contributed by atoms with E-state index in [-0.39, 0.29) is 11.3 Å². The molecule has 88 valence electrons. The molecule has 2 N–H and O–H groups in total. The second-order valence-electron chi connectivity index (χ2n) is 3.49. The van der Waals surface area contributed by atoms with E-state index in [1.54, 1.807) is 36.1 Å². The summed E-state index contributed by atoms with van der Waals surface area (Å²) >= 11 is 3.24. The van der Waals surface area contributed by atoms with Crippen molar-refractivity contribution in [2.75, 3.05) is 5.32 Å². The SMILES string of the molecule is Cn1ccc(NC(=O)c2cc(Br)ccc2O)n1. The first-order valence-electron chi connectivity index (χ1n) is 4.86. The van der Waals surface area contributed by atoms with Crippen LogP contribution in [0.25, 0.3) is 0 Å². The number of amides is 1. The van der Waals surface area contributed by atoms with Crippen LogP contribution in [0.5, 0.6) is 5.75 Å². The molecule has 0 unspecified atom stereocenters. The maximum absolute atomic E-state index is 11.9. The number of hydrogen-bond donors (Lipinski definition) is 2. The van der Waals surface area contributed by atoms with Gasteiger partial charge in [0, 0.05) is 23.8 Å². The summed E-state index contributed by atoms with van der Waals surface area (Å²) in [6.45, 7) is 0. The molecular formula is C11H10BrN3O2. The third-order valence-electron chi connectivity index (χ3n) is 2.16. The molecule has 2 rings (SSSR count). The lowest BCUT2D eigenvalue weighted by molar-refractivity contribution is 0.102. The molecule has 0 fully saturated rings. The number of carbonyl (C=O) groups is 1. The number of benzene rings is 1. The Kier molecular flexibility index (Phi) is 3.14. The minimum absolute atomic E-state index is 0.0679. The van der Waals surface area contributed by atoms with Crippen LogP contribution in [0.3, 0.4) is 0 Å². The summed E-state index contributed by atoms with van der Waals surface area (Å²) in [6.07, 6.45) is 1.72. The second-order valence-corrected chi connectivity index (χ2v) is 4.41. The van der Waals surface area contributed by atoms with E-state index in [0.717, 1.165) is 4.47 Å². The van der Waals surface area contributed by atoms with Gasteiger partial charge in [-0.15, -0.1) is 0 Å². The third kappa shape index (κ3) is 2.65. The highest BCUT2D eigenvalue weighted by atomic mass is 79.9. The second kappa shape index (κ2) is 4.58. The van der Waals surface area contributed by atoms with Gasteiger partial charge in [0.25, 0.3) is 5.91 Å². The average Bonchev–Trinajstić information content (AvgIpc) is 2.67. The number of halogens is 1. The lowest BCUT2D eigenvalue weighted by Crippen LogP contribution is -2.12. The molecule has 0 aliphatic heterocycles. The number of aryl methyl sites for hydroxylation is 1. The van der Waals surface area contributed by atoms with E-state index in [4.69, 9.17) is 0 Å². The van der Waals surface area contributed by atoms with E-state index < -0.39 is 5.91 Å². The first kappa shape index (κ1) is 11.7. The Morgan fingerprint density at radius 1 is 1.47 bits per heavy atom. The summed E-state index contributed by atoms with van der Waals surface area (Å²) in [6, 6.07) is 6.34.